The van der Waals surface area contributed by atoms with Crippen molar-refractivity contribution in [3.63, 3.8) is 0 Å². The van der Waals surface area contributed by atoms with E-state index in [0.717, 1.165) is 21.9 Å². The van der Waals surface area contributed by atoms with E-state index in [0.29, 0.717) is 21.9 Å². The van der Waals surface area contributed by atoms with Gasteiger partial charge in [0, 0.05) is 10.8 Å². The molecule has 0 spiro atoms. The number of hydrogen-bond acceptors (Lipinski definition) is 1. The lowest BCUT2D eigenvalue weighted by atomic mass is 9.85. The fraction of sp³-hybridized carbons (Fsp3) is 0. The van der Waals surface area contributed by atoms with Crippen LogP contribution in [-0.4, -0.2) is 0 Å². The molecule has 0 aliphatic rings. The molecule has 0 amide bonds. The van der Waals surface area contributed by atoms with Gasteiger partial charge in [0.25, 0.3) is 0 Å². The minimum absolute atomic E-state index is 0.115. The van der Waals surface area contributed by atoms with Gasteiger partial charge < -0.3 is 4.42 Å². The zero-order valence-corrected chi connectivity index (χ0v) is 27.4. The summed E-state index contributed by atoms with van der Waals surface area (Å²) in [5, 5.41) is -0.108. The van der Waals surface area contributed by atoms with Crippen molar-refractivity contribution in [3.05, 3.63) is 194 Å². The molecule has 0 aliphatic carbocycles. The predicted octanol–water partition coefficient (Wildman–Crippen LogP) is 14.9. The maximum Gasteiger partial charge on any atom is 0.136 e. The van der Waals surface area contributed by atoms with Crippen LogP contribution < -0.4 is 0 Å². The number of fused-ring (bicyclic) bond motifs is 7. The second kappa shape index (κ2) is 11.8. The summed E-state index contributed by atoms with van der Waals surface area (Å²) < 4.78 is 180. The van der Waals surface area contributed by atoms with Crippen LogP contribution in [0.4, 0.5) is 0 Å². The Kier molecular flexibility index (Phi) is 3.69. The number of hydrogen-bond donors (Lipinski definition) is 0. The van der Waals surface area contributed by atoms with Crippen LogP contribution in [0.25, 0.3) is 110 Å². The molecule has 0 atom stereocenters. The van der Waals surface area contributed by atoms with Crippen LogP contribution in [0.1, 0.15) is 26.0 Å². The van der Waals surface area contributed by atoms with E-state index in [1.54, 1.807) is 24.3 Å². The SMILES string of the molecule is [2H]c1c([2H])c([2H])c(-c2c3c([2H])c([2H])c([2H])c([2H])c3c(-c3c([2H])c([2H])c4c([2H])c(-c5cccc6oc7cccc(-c8cccc9ccccc89)c7c56)c([2H])c([2H])c4c3[2H])c3c([2H])c([2H])c([2H])c([2H])c23)c([2H])c1[2H]. The van der Waals surface area contributed by atoms with Gasteiger partial charge in [-0.1, -0.05) is 169 Å². The summed E-state index contributed by atoms with van der Waals surface area (Å²) in [5.41, 5.74) is 0.279. The average molecular weight is 692 g/mol. The largest absolute Gasteiger partial charge is 0.456 e. The van der Waals surface area contributed by atoms with E-state index < -0.39 is 169 Å². The average Bonchev–Trinajstić information content (AvgIpc) is 3.77. The maximum atomic E-state index is 9.86. The Balaban J connectivity index is 1.30. The first kappa shape index (κ1) is 16.6. The summed E-state index contributed by atoms with van der Waals surface area (Å²) in [4.78, 5) is 0. The van der Waals surface area contributed by atoms with Gasteiger partial charge in [-0.3, -0.25) is 0 Å². The summed E-state index contributed by atoms with van der Waals surface area (Å²) in [7, 11) is 0. The zero-order chi connectivity index (χ0) is 51.4. The van der Waals surface area contributed by atoms with Crippen LogP contribution in [-0.2, 0) is 0 Å². The third-order valence-electron chi connectivity index (χ3n) is 9.62. The fourth-order valence-corrected chi connectivity index (χ4v) is 7.39. The van der Waals surface area contributed by atoms with E-state index in [9.17, 15) is 13.7 Å². The highest BCUT2D eigenvalue weighted by molar-refractivity contribution is 6.22. The lowest BCUT2D eigenvalue weighted by Crippen LogP contribution is -1.91. The molecule has 246 valence electrons. The molecular weight excluding hydrogens is 641 g/mol. The van der Waals surface area contributed by atoms with Gasteiger partial charge >= 0.3 is 0 Å². The second-order valence-electron chi connectivity index (χ2n) is 12.5. The topological polar surface area (TPSA) is 13.1 Å². The molecule has 11 aromatic rings. The minimum atomic E-state index is -0.872. The highest BCUT2D eigenvalue weighted by Gasteiger charge is 2.19. The predicted molar refractivity (Wildman–Crippen MR) is 225 cm³/mol. The first-order chi connectivity index (χ1) is 34.2. The van der Waals surface area contributed by atoms with Crippen molar-refractivity contribution >= 4 is 65.0 Å². The Labute approximate surface area is 333 Å². The molecule has 0 saturated carbocycles. The van der Waals surface area contributed by atoms with Crippen LogP contribution in [0.5, 0.6) is 0 Å². The molecule has 0 radical (unpaired) electrons. The molecule has 0 N–H and O–H groups in total. The van der Waals surface area contributed by atoms with Crippen molar-refractivity contribution in [2.75, 3.05) is 0 Å². The molecule has 1 aromatic heterocycles. The van der Waals surface area contributed by atoms with E-state index in [4.69, 9.17) is 16.8 Å². The summed E-state index contributed by atoms with van der Waals surface area (Å²) in [6.07, 6.45) is 0. The summed E-state index contributed by atoms with van der Waals surface area (Å²) in [6, 6.07) is 9.16. The van der Waals surface area contributed by atoms with Crippen molar-refractivity contribution in [3.8, 4) is 44.5 Å². The first-order valence-corrected chi connectivity index (χ1v) is 16.7. The fourth-order valence-electron chi connectivity index (χ4n) is 7.39. The molecule has 0 aliphatic heterocycles. The number of benzene rings is 10. The quantitative estimate of drug-likeness (QED) is 0.167. The molecular formula is C52H32O. The van der Waals surface area contributed by atoms with Gasteiger partial charge in [0.2, 0.25) is 0 Å². The van der Waals surface area contributed by atoms with Gasteiger partial charge in [-0.15, -0.1) is 0 Å². The molecule has 10 aromatic carbocycles. The highest BCUT2D eigenvalue weighted by Crippen LogP contribution is 2.46. The molecule has 53 heavy (non-hydrogen) atoms. The molecule has 0 saturated heterocycles. The van der Waals surface area contributed by atoms with Crippen LogP contribution in [0.3, 0.4) is 0 Å². The van der Waals surface area contributed by atoms with Crippen molar-refractivity contribution in [1.29, 1.82) is 0 Å². The summed E-state index contributed by atoms with van der Waals surface area (Å²) >= 11 is 0. The minimum Gasteiger partial charge on any atom is -0.456 e. The van der Waals surface area contributed by atoms with E-state index in [1.807, 2.05) is 54.6 Å². The van der Waals surface area contributed by atoms with Crippen LogP contribution in [0.2, 0.25) is 0 Å². The summed E-state index contributed by atoms with van der Waals surface area (Å²) in [6.45, 7) is 0. The monoisotopic (exact) mass is 691 g/mol. The van der Waals surface area contributed by atoms with Gasteiger partial charge in [-0.05, 0) is 112 Å². The van der Waals surface area contributed by atoms with Crippen molar-refractivity contribution in [2.45, 2.75) is 0 Å². The van der Waals surface area contributed by atoms with Crippen molar-refractivity contribution in [1.82, 2.24) is 0 Å². The summed E-state index contributed by atoms with van der Waals surface area (Å²) in [5.74, 6) is 0. The lowest BCUT2D eigenvalue weighted by molar-refractivity contribution is 0.669. The van der Waals surface area contributed by atoms with Crippen LogP contribution in [0, 0.1) is 0 Å². The van der Waals surface area contributed by atoms with Gasteiger partial charge in [-0.2, -0.15) is 0 Å². The normalized spacial score (nSPS) is 16.8. The maximum absolute atomic E-state index is 9.86. The van der Waals surface area contributed by atoms with Gasteiger partial charge in [0.15, 0.2) is 0 Å². The van der Waals surface area contributed by atoms with Gasteiger partial charge in [0.05, 0.1) is 26.0 Å². The van der Waals surface area contributed by atoms with Crippen molar-refractivity contribution in [2.24, 2.45) is 0 Å². The van der Waals surface area contributed by atoms with Gasteiger partial charge in [0.1, 0.15) is 11.2 Å². The molecule has 1 heteroatoms. The molecule has 0 fully saturated rings. The third kappa shape index (κ3) is 4.64. The molecule has 1 nitrogen and oxygen atoms in total. The van der Waals surface area contributed by atoms with E-state index >= 15 is 0 Å². The van der Waals surface area contributed by atoms with E-state index in [-0.39, 0.29) is 11.1 Å². The Morgan fingerprint density at radius 1 is 0.340 bits per heavy atom. The zero-order valence-electron chi connectivity index (χ0n) is 46.4. The lowest BCUT2D eigenvalue weighted by Gasteiger charge is -2.18. The Morgan fingerprint density at radius 2 is 0.849 bits per heavy atom. The van der Waals surface area contributed by atoms with Crippen LogP contribution in [0.15, 0.2) is 198 Å². The van der Waals surface area contributed by atoms with E-state index in [2.05, 4.69) is 0 Å². The Bertz CT molecular complexity index is 4220. The second-order valence-corrected chi connectivity index (χ2v) is 12.5. The van der Waals surface area contributed by atoms with E-state index in [1.165, 1.54) is 0 Å². The molecule has 11 rings (SSSR count). The smallest absolute Gasteiger partial charge is 0.136 e. The first-order valence-electron chi connectivity index (χ1n) is 26.2. The van der Waals surface area contributed by atoms with Crippen LogP contribution >= 0.6 is 0 Å². The standard InChI is InChI=1S/C52H32O/c1-2-14-34(15-3-1)49-43-18-6-8-20-45(43)50(46-21-9-7-19-44(46)49)38-30-28-35-31-37(29-27-36(35)32-38)40-22-11-25-47-51(40)52-42(24-12-26-48(52)53-47)41-23-10-16-33-13-4-5-17-39(33)41/h1-32H/i1D,2D,3D,6D,7D,8D,9D,14D,15D,18D,19D,20D,21D,27D,28D,29D,30D,31D,32D. The molecule has 0 unspecified atom stereocenters. The molecule has 0 bridgehead atoms. The Hall–Kier alpha value is -6.96. The number of furan rings is 1. The van der Waals surface area contributed by atoms with Gasteiger partial charge in [-0.25, -0.2) is 0 Å². The van der Waals surface area contributed by atoms with Crippen molar-refractivity contribution < 1.29 is 30.5 Å². The highest BCUT2D eigenvalue weighted by atomic mass is 16.3. The third-order valence-corrected chi connectivity index (χ3v) is 9.62. The Morgan fingerprint density at radius 3 is 1.55 bits per heavy atom. The molecule has 1 heterocycles. The number of rotatable bonds is 4.